The van der Waals surface area contributed by atoms with Crippen LogP contribution >= 0.6 is 22.9 Å². The Morgan fingerprint density at radius 1 is 0.568 bits per heavy atom. The minimum absolute atomic E-state index is 0.161. The number of thiophene rings is 1. The molecule has 8 aromatic rings. The molecule has 0 fully saturated rings. The maximum atomic E-state index is 10.8. The number of fused-ring (bicyclic) bond motifs is 6. The molecule has 0 aliphatic heterocycles. The SMILES string of the molecule is Oc1c(O)c(O)c(-c2nc(-c3ccc4c(c3)oc3ccc(Cl)cc34)nc(-c3cccc4c3sc3ccccc34)n2)c(O)c1O. The largest absolute Gasteiger partial charge is 0.504 e. The van der Waals surface area contributed by atoms with Crippen molar-refractivity contribution in [2.45, 2.75) is 0 Å². The molecule has 3 heterocycles. The molecule has 5 N–H and O–H groups in total. The molecule has 9 nitrogen and oxygen atoms in total. The van der Waals surface area contributed by atoms with Gasteiger partial charge in [0.2, 0.25) is 17.2 Å². The molecule has 214 valence electrons. The summed E-state index contributed by atoms with van der Waals surface area (Å²) in [5.74, 6) is -4.85. The Hall–Kier alpha value is -5.58. The van der Waals surface area contributed by atoms with Crippen molar-refractivity contribution in [3.63, 3.8) is 0 Å². The van der Waals surface area contributed by atoms with E-state index in [0.717, 1.165) is 30.9 Å². The second-order valence-corrected chi connectivity index (χ2v) is 11.6. The Balaban J connectivity index is 1.41. The number of rotatable bonds is 3. The van der Waals surface area contributed by atoms with Crippen molar-refractivity contribution in [1.82, 2.24) is 15.0 Å². The number of halogens is 1. The number of aromatic hydroxyl groups is 5. The minimum Gasteiger partial charge on any atom is -0.504 e. The highest BCUT2D eigenvalue weighted by molar-refractivity contribution is 7.26. The Kier molecular flexibility index (Phi) is 5.61. The summed E-state index contributed by atoms with van der Waals surface area (Å²) < 4.78 is 8.05. The van der Waals surface area contributed by atoms with Crippen LogP contribution in [0, 0.1) is 0 Å². The minimum atomic E-state index is -1.08. The number of aromatic nitrogens is 3. The predicted molar refractivity (Wildman–Crippen MR) is 170 cm³/mol. The number of hydrogen-bond donors (Lipinski definition) is 5. The van der Waals surface area contributed by atoms with E-state index in [4.69, 9.17) is 21.0 Å². The lowest BCUT2D eigenvalue weighted by Gasteiger charge is -2.13. The van der Waals surface area contributed by atoms with Gasteiger partial charge in [0, 0.05) is 47.1 Å². The van der Waals surface area contributed by atoms with Crippen LogP contribution in [0.15, 0.2) is 83.3 Å². The third-order valence-corrected chi connectivity index (χ3v) is 9.02. The predicted octanol–water partition coefficient (Wildman–Crippen LogP) is 8.32. The quantitative estimate of drug-likeness (QED) is 0.0970. The van der Waals surface area contributed by atoms with Crippen LogP contribution in [0.25, 0.3) is 76.3 Å². The first kappa shape index (κ1) is 26.1. The van der Waals surface area contributed by atoms with Gasteiger partial charge in [-0.2, -0.15) is 0 Å². The third kappa shape index (κ3) is 3.82. The maximum absolute atomic E-state index is 10.8. The van der Waals surface area contributed by atoms with Crippen LogP contribution < -0.4 is 0 Å². The molecule has 0 spiro atoms. The fourth-order valence-corrected chi connectivity index (χ4v) is 6.83. The molecule has 0 saturated carbocycles. The van der Waals surface area contributed by atoms with Gasteiger partial charge < -0.3 is 29.9 Å². The van der Waals surface area contributed by atoms with Crippen LogP contribution in [-0.2, 0) is 0 Å². The number of furan rings is 1. The van der Waals surface area contributed by atoms with Gasteiger partial charge in [-0.05, 0) is 42.5 Å². The van der Waals surface area contributed by atoms with Crippen molar-refractivity contribution in [2.24, 2.45) is 0 Å². The highest BCUT2D eigenvalue weighted by Gasteiger charge is 2.28. The van der Waals surface area contributed by atoms with Crippen molar-refractivity contribution in [2.75, 3.05) is 0 Å². The molecule has 0 aliphatic rings. The lowest BCUT2D eigenvalue weighted by Crippen LogP contribution is -2.01. The van der Waals surface area contributed by atoms with Gasteiger partial charge in [-0.15, -0.1) is 11.3 Å². The number of hydrogen-bond acceptors (Lipinski definition) is 10. The topological polar surface area (TPSA) is 153 Å². The van der Waals surface area contributed by atoms with E-state index in [2.05, 4.69) is 9.97 Å². The van der Waals surface area contributed by atoms with Gasteiger partial charge in [0.25, 0.3) is 0 Å². The molecule has 0 amide bonds. The first-order valence-corrected chi connectivity index (χ1v) is 14.5. The zero-order chi connectivity index (χ0) is 30.3. The molecule has 11 heteroatoms. The average Bonchev–Trinajstić information content (AvgIpc) is 3.60. The van der Waals surface area contributed by atoms with Gasteiger partial charge in [0.15, 0.2) is 29.0 Å². The summed E-state index contributed by atoms with van der Waals surface area (Å²) in [6, 6.07) is 24.5. The zero-order valence-electron chi connectivity index (χ0n) is 22.3. The van der Waals surface area contributed by atoms with E-state index in [1.54, 1.807) is 35.6 Å². The summed E-state index contributed by atoms with van der Waals surface area (Å²) >= 11 is 7.79. The highest BCUT2D eigenvalue weighted by Crippen LogP contribution is 2.54. The van der Waals surface area contributed by atoms with Crippen molar-refractivity contribution in [1.29, 1.82) is 0 Å². The molecular formula is C33H18ClN3O6S. The fourth-order valence-electron chi connectivity index (χ4n) is 5.45. The molecule has 0 unspecified atom stereocenters. The summed E-state index contributed by atoms with van der Waals surface area (Å²) in [5, 5.41) is 56.4. The van der Waals surface area contributed by atoms with Gasteiger partial charge in [-0.3, -0.25) is 0 Å². The second-order valence-electron chi connectivity index (χ2n) is 10.2. The Labute approximate surface area is 256 Å². The van der Waals surface area contributed by atoms with Gasteiger partial charge in [0.1, 0.15) is 16.7 Å². The van der Waals surface area contributed by atoms with E-state index >= 15 is 0 Å². The smallest absolute Gasteiger partial charge is 0.208 e. The molecule has 0 atom stereocenters. The molecule has 0 radical (unpaired) electrons. The molecule has 3 aromatic heterocycles. The molecule has 5 aromatic carbocycles. The van der Waals surface area contributed by atoms with E-state index in [1.807, 2.05) is 54.6 Å². The normalized spacial score (nSPS) is 11.8. The molecule has 0 aliphatic carbocycles. The number of nitrogens with zero attached hydrogens (tertiary/aromatic N) is 3. The highest BCUT2D eigenvalue weighted by atomic mass is 35.5. The van der Waals surface area contributed by atoms with E-state index < -0.39 is 34.3 Å². The number of phenols is 5. The van der Waals surface area contributed by atoms with Crippen LogP contribution in [0.4, 0.5) is 0 Å². The van der Waals surface area contributed by atoms with E-state index in [9.17, 15) is 25.5 Å². The maximum Gasteiger partial charge on any atom is 0.208 e. The van der Waals surface area contributed by atoms with Crippen LogP contribution in [0.1, 0.15) is 0 Å². The summed E-state index contributed by atoms with van der Waals surface area (Å²) in [4.78, 5) is 13.9. The molecule has 8 rings (SSSR count). The van der Waals surface area contributed by atoms with Gasteiger partial charge in [-0.25, -0.2) is 15.0 Å². The van der Waals surface area contributed by atoms with Crippen LogP contribution in [0.3, 0.4) is 0 Å². The number of phenolic OH excluding ortho intramolecular Hbond substituents is 5. The molecular weight excluding hydrogens is 602 g/mol. The molecule has 44 heavy (non-hydrogen) atoms. The summed E-state index contributed by atoms with van der Waals surface area (Å²) in [7, 11) is 0. The summed E-state index contributed by atoms with van der Waals surface area (Å²) in [6.07, 6.45) is 0. The van der Waals surface area contributed by atoms with Gasteiger partial charge in [-0.1, -0.05) is 48.0 Å². The Morgan fingerprint density at radius 3 is 2.09 bits per heavy atom. The summed E-state index contributed by atoms with van der Waals surface area (Å²) in [5.41, 5.74) is 1.92. The number of benzene rings is 5. The first-order chi connectivity index (χ1) is 21.3. The lowest BCUT2D eigenvalue weighted by molar-refractivity contribution is 0.329. The second kappa shape index (κ2) is 9.46. The van der Waals surface area contributed by atoms with E-state index in [0.29, 0.717) is 27.3 Å². The summed E-state index contributed by atoms with van der Waals surface area (Å²) in [6.45, 7) is 0. The Bertz CT molecular complexity index is 2460. The van der Waals surface area contributed by atoms with Crippen LogP contribution in [0.2, 0.25) is 5.02 Å². The van der Waals surface area contributed by atoms with Gasteiger partial charge in [0.05, 0.1) is 0 Å². The average molecular weight is 620 g/mol. The monoisotopic (exact) mass is 619 g/mol. The van der Waals surface area contributed by atoms with Crippen molar-refractivity contribution in [3.05, 3.63) is 83.9 Å². The molecule has 0 saturated heterocycles. The van der Waals surface area contributed by atoms with E-state index in [1.165, 1.54) is 0 Å². The van der Waals surface area contributed by atoms with Crippen molar-refractivity contribution in [3.8, 4) is 62.9 Å². The van der Waals surface area contributed by atoms with E-state index in [-0.39, 0.29) is 17.5 Å². The molecule has 0 bridgehead atoms. The Morgan fingerprint density at radius 2 is 1.27 bits per heavy atom. The van der Waals surface area contributed by atoms with Crippen LogP contribution in [-0.4, -0.2) is 40.5 Å². The van der Waals surface area contributed by atoms with Crippen LogP contribution in [0.5, 0.6) is 28.7 Å². The third-order valence-electron chi connectivity index (χ3n) is 7.57. The zero-order valence-corrected chi connectivity index (χ0v) is 23.9. The first-order valence-electron chi connectivity index (χ1n) is 13.3. The lowest BCUT2D eigenvalue weighted by atomic mass is 10.1. The van der Waals surface area contributed by atoms with Crippen molar-refractivity contribution >= 4 is 65.0 Å². The van der Waals surface area contributed by atoms with Gasteiger partial charge >= 0.3 is 0 Å². The standard InChI is InChI=1S/C33H18ClN3O6S/c34-15-9-11-21-20(13-15)16-10-8-14(12-22(16)43-21)31-35-32(19-6-3-5-18-17-4-1-2-7-23(17)44-30(18)19)37-33(36-31)24-25(38)27(40)29(42)28(41)26(24)39/h1-13,38-42H. The van der Waals surface area contributed by atoms with Crippen molar-refractivity contribution < 1.29 is 29.9 Å². The fraction of sp³-hybridized carbons (Fsp3) is 0.